The van der Waals surface area contributed by atoms with Gasteiger partial charge in [0.05, 0.1) is 10.0 Å². The molecule has 0 aromatic carbocycles. The number of halogens is 1. The van der Waals surface area contributed by atoms with Crippen LogP contribution in [0.1, 0.15) is 18.9 Å². The van der Waals surface area contributed by atoms with Gasteiger partial charge in [-0.2, -0.15) is 0 Å². The maximum absolute atomic E-state index is 11.4. The summed E-state index contributed by atoms with van der Waals surface area (Å²) in [6.45, 7) is 4.62. The van der Waals surface area contributed by atoms with Crippen molar-refractivity contribution in [3.8, 4) is 0 Å². The summed E-state index contributed by atoms with van der Waals surface area (Å²) in [6, 6.07) is 2.09. The number of hydrogen-bond acceptors (Lipinski definition) is 4. The molecule has 1 N–H and O–H groups in total. The molecule has 7 heteroatoms. The van der Waals surface area contributed by atoms with Crippen LogP contribution in [-0.4, -0.2) is 38.6 Å². The van der Waals surface area contributed by atoms with Crippen LogP contribution in [0.4, 0.5) is 0 Å². The van der Waals surface area contributed by atoms with Gasteiger partial charge in [0.2, 0.25) is 10.0 Å². The van der Waals surface area contributed by atoms with Crippen molar-refractivity contribution in [3.63, 3.8) is 0 Å². The summed E-state index contributed by atoms with van der Waals surface area (Å²) in [5.74, 6) is 0. The highest BCUT2D eigenvalue weighted by molar-refractivity contribution is 9.11. The molecule has 4 nitrogen and oxygen atoms in total. The first-order valence-electron chi connectivity index (χ1n) is 5.82. The summed E-state index contributed by atoms with van der Waals surface area (Å²) in [6.07, 6.45) is 2.08. The van der Waals surface area contributed by atoms with Crippen LogP contribution in [0.2, 0.25) is 0 Å². The Labute approximate surface area is 122 Å². The minimum absolute atomic E-state index is 0.538. The molecule has 104 valence electrons. The highest BCUT2D eigenvalue weighted by Gasteiger charge is 2.12. The van der Waals surface area contributed by atoms with Crippen molar-refractivity contribution in [1.29, 1.82) is 0 Å². The van der Waals surface area contributed by atoms with Gasteiger partial charge in [-0.1, -0.05) is 6.92 Å². The van der Waals surface area contributed by atoms with Gasteiger partial charge < -0.3 is 5.32 Å². The van der Waals surface area contributed by atoms with E-state index in [0.717, 1.165) is 23.3 Å². The lowest BCUT2D eigenvalue weighted by Gasteiger charge is -2.17. The van der Waals surface area contributed by atoms with Gasteiger partial charge in [0.25, 0.3) is 0 Å². The zero-order valence-electron chi connectivity index (χ0n) is 10.6. The standard InChI is InChI=1S/C11H19BrN2O2S2/c1-3-14(18(2,15)16)6-4-5-13-8-10-7-11(12)17-9-10/h7,9,13H,3-6,8H2,1-2H3. The second kappa shape index (κ2) is 7.59. The first-order chi connectivity index (χ1) is 8.43. The third kappa shape index (κ3) is 5.79. The first-order valence-corrected chi connectivity index (χ1v) is 9.34. The first kappa shape index (κ1) is 16.1. The van der Waals surface area contributed by atoms with Crippen LogP contribution in [-0.2, 0) is 16.6 Å². The maximum Gasteiger partial charge on any atom is 0.211 e. The molecule has 0 unspecified atom stereocenters. The number of nitrogens with zero attached hydrogens (tertiary/aromatic N) is 1. The Morgan fingerprint density at radius 1 is 1.50 bits per heavy atom. The molecule has 0 atom stereocenters. The average molecular weight is 355 g/mol. The Kier molecular flexibility index (Phi) is 6.79. The third-order valence-electron chi connectivity index (χ3n) is 2.53. The van der Waals surface area contributed by atoms with Crippen LogP contribution in [0, 0.1) is 0 Å². The van der Waals surface area contributed by atoms with Crippen LogP contribution in [0.15, 0.2) is 15.2 Å². The van der Waals surface area contributed by atoms with Gasteiger partial charge in [-0.3, -0.25) is 0 Å². The predicted octanol–water partition coefficient (Wildman–Crippen LogP) is 2.27. The molecule has 1 rings (SSSR count). The van der Waals surface area contributed by atoms with Gasteiger partial charge in [-0.05, 0) is 45.9 Å². The van der Waals surface area contributed by atoms with E-state index in [0.29, 0.717) is 13.1 Å². The summed E-state index contributed by atoms with van der Waals surface area (Å²) in [4.78, 5) is 0. The van der Waals surface area contributed by atoms with Crippen LogP contribution in [0.3, 0.4) is 0 Å². The van der Waals surface area contributed by atoms with E-state index in [1.807, 2.05) is 6.92 Å². The normalized spacial score (nSPS) is 12.2. The number of rotatable bonds is 8. The molecule has 0 bridgehead atoms. The molecule has 1 aromatic heterocycles. The van der Waals surface area contributed by atoms with E-state index in [-0.39, 0.29) is 0 Å². The Bertz CT molecular complexity index is 459. The highest BCUT2D eigenvalue weighted by atomic mass is 79.9. The van der Waals surface area contributed by atoms with E-state index in [9.17, 15) is 8.42 Å². The largest absolute Gasteiger partial charge is 0.313 e. The number of nitrogens with one attached hydrogen (secondary N) is 1. The Balaban J connectivity index is 2.19. The topological polar surface area (TPSA) is 49.4 Å². The zero-order valence-corrected chi connectivity index (χ0v) is 13.9. The molecule has 0 aliphatic heterocycles. The lowest BCUT2D eigenvalue weighted by Crippen LogP contribution is -2.32. The lowest BCUT2D eigenvalue weighted by atomic mass is 10.3. The smallest absolute Gasteiger partial charge is 0.211 e. The Morgan fingerprint density at radius 3 is 2.72 bits per heavy atom. The van der Waals surface area contributed by atoms with Crippen molar-refractivity contribution in [3.05, 3.63) is 20.8 Å². The van der Waals surface area contributed by atoms with Crippen LogP contribution < -0.4 is 5.32 Å². The number of sulfonamides is 1. The number of thiophene rings is 1. The summed E-state index contributed by atoms with van der Waals surface area (Å²) >= 11 is 5.09. The minimum Gasteiger partial charge on any atom is -0.313 e. The van der Waals surface area contributed by atoms with Crippen molar-refractivity contribution >= 4 is 37.3 Å². The van der Waals surface area contributed by atoms with Gasteiger partial charge >= 0.3 is 0 Å². The van der Waals surface area contributed by atoms with E-state index in [4.69, 9.17) is 0 Å². The Hall–Kier alpha value is 0.0500. The quantitative estimate of drug-likeness (QED) is 0.728. The van der Waals surface area contributed by atoms with Gasteiger partial charge in [0, 0.05) is 19.6 Å². The van der Waals surface area contributed by atoms with Crippen molar-refractivity contribution in [2.45, 2.75) is 19.9 Å². The highest BCUT2D eigenvalue weighted by Crippen LogP contribution is 2.20. The summed E-state index contributed by atoms with van der Waals surface area (Å²) in [5.41, 5.74) is 1.25. The van der Waals surface area contributed by atoms with E-state index in [1.165, 1.54) is 16.1 Å². The molecule has 0 radical (unpaired) electrons. The van der Waals surface area contributed by atoms with Crippen molar-refractivity contribution < 1.29 is 8.42 Å². The van der Waals surface area contributed by atoms with E-state index >= 15 is 0 Å². The molecule has 1 aromatic rings. The molecular weight excluding hydrogens is 336 g/mol. The van der Waals surface area contributed by atoms with Gasteiger partial charge in [0.15, 0.2) is 0 Å². The van der Waals surface area contributed by atoms with Crippen molar-refractivity contribution in [1.82, 2.24) is 9.62 Å². The molecule has 0 spiro atoms. The Morgan fingerprint density at radius 2 is 2.22 bits per heavy atom. The predicted molar refractivity (Wildman–Crippen MR) is 80.4 cm³/mol. The molecule has 0 saturated carbocycles. The van der Waals surface area contributed by atoms with E-state index in [1.54, 1.807) is 11.3 Å². The summed E-state index contributed by atoms with van der Waals surface area (Å²) in [7, 11) is -3.05. The zero-order chi connectivity index (χ0) is 13.6. The summed E-state index contributed by atoms with van der Waals surface area (Å²) in [5, 5.41) is 5.41. The van der Waals surface area contributed by atoms with Crippen LogP contribution >= 0.6 is 27.3 Å². The molecule has 0 fully saturated rings. The van der Waals surface area contributed by atoms with Crippen molar-refractivity contribution in [2.24, 2.45) is 0 Å². The maximum atomic E-state index is 11.4. The fourth-order valence-corrected chi connectivity index (χ4v) is 3.75. The molecule has 0 saturated heterocycles. The lowest BCUT2D eigenvalue weighted by molar-refractivity contribution is 0.419. The molecule has 0 aliphatic carbocycles. The second-order valence-corrected chi connectivity index (χ2v) is 8.32. The summed E-state index contributed by atoms with van der Waals surface area (Å²) < 4.78 is 25.3. The SMILES string of the molecule is CCN(CCCNCc1csc(Br)c1)S(C)(=O)=O. The fourth-order valence-electron chi connectivity index (χ4n) is 1.61. The molecule has 0 amide bonds. The van der Waals surface area contributed by atoms with Gasteiger partial charge in [-0.15, -0.1) is 11.3 Å². The van der Waals surface area contributed by atoms with Crippen LogP contribution in [0.25, 0.3) is 0 Å². The minimum atomic E-state index is -3.05. The molecule has 18 heavy (non-hydrogen) atoms. The monoisotopic (exact) mass is 354 g/mol. The average Bonchev–Trinajstić information content (AvgIpc) is 2.67. The van der Waals surface area contributed by atoms with Crippen molar-refractivity contribution in [2.75, 3.05) is 25.9 Å². The van der Waals surface area contributed by atoms with E-state index < -0.39 is 10.0 Å². The molecule has 0 aliphatic rings. The molecule has 1 heterocycles. The molecular formula is C11H19BrN2O2S2. The van der Waals surface area contributed by atoms with Gasteiger partial charge in [0.1, 0.15) is 0 Å². The van der Waals surface area contributed by atoms with E-state index in [2.05, 4.69) is 32.7 Å². The number of hydrogen-bond donors (Lipinski definition) is 1. The second-order valence-electron chi connectivity index (χ2n) is 4.04. The van der Waals surface area contributed by atoms with Crippen LogP contribution in [0.5, 0.6) is 0 Å². The fraction of sp³-hybridized carbons (Fsp3) is 0.636. The van der Waals surface area contributed by atoms with Gasteiger partial charge in [-0.25, -0.2) is 12.7 Å². The third-order valence-corrected chi connectivity index (χ3v) is 5.47.